The second kappa shape index (κ2) is 8.10. The molecule has 0 atom stereocenters. The zero-order chi connectivity index (χ0) is 20.4. The SMILES string of the molecule is COc1ccc(S(=O)(=O)N2CCN(Cc3ccc(C(F)(F)F)cc3)CC2)cc1. The van der Waals surface area contributed by atoms with E-state index < -0.39 is 21.8 Å². The molecule has 0 spiro atoms. The molecule has 1 aliphatic rings. The monoisotopic (exact) mass is 414 g/mol. The third-order valence-electron chi connectivity index (χ3n) is 4.72. The Kier molecular flexibility index (Phi) is 5.97. The number of sulfonamides is 1. The summed E-state index contributed by atoms with van der Waals surface area (Å²) in [6, 6.07) is 11.3. The van der Waals surface area contributed by atoms with Crippen molar-refractivity contribution in [2.45, 2.75) is 17.6 Å². The highest BCUT2D eigenvalue weighted by Crippen LogP contribution is 2.29. The Labute approximate surface area is 162 Å². The van der Waals surface area contributed by atoms with Crippen LogP contribution in [0.5, 0.6) is 5.75 Å². The van der Waals surface area contributed by atoms with Gasteiger partial charge in [0, 0.05) is 32.7 Å². The van der Waals surface area contributed by atoms with Gasteiger partial charge in [0.2, 0.25) is 10.0 Å². The molecule has 0 N–H and O–H groups in total. The van der Waals surface area contributed by atoms with Gasteiger partial charge in [-0.05, 0) is 42.0 Å². The summed E-state index contributed by atoms with van der Waals surface area (Å²) in [7, 11) is -2.07. The van der Waals surface area contributed by atoms with Gasteiger partial charge in [-0.2, -0.15) is 17.5 Å². The minimum atomic E-state index is -4.35. The van der Waals surface area contributed by atoms with E-state index in [9.17, 15) is 21.6 Å². The molecule has 0 unspecified atom stereocenters. The first-order valence-electron chi connectivity index (χ1n) is 8.73. The average Bonchev–Trinajstić information content (AvgIpc) is 2.68. The van der Waals surface area contributed by atoms with Gasteiger partial charge in [0.1, 0.15) is 5.75 Å². The molecule has 1 aliphatic heterocycles. The summed E-state index contributed by atoms with van der Waals surface area (Å²) in [5, 5.41) is 0. The van der Waals surface area contributed by atoms with Crippen molar-refractivity contribution in [3.05, 3.63) is 59.7 Å². The average molecular weight is 414 g/mol. The summed E-state index contributed by atoms with van der Waals surface area (Å²) in [4.78, 5) is 2.24. The Hall–Kier alpha value is -2.10. The van der Waals surface area contributed by atoms with Crippen LogP contribution in [0.1, 0.15) is 11.1 Å². The molecule has 152 valence electrons. The largest absolute Gasteiger partial charge is 0.497 e. The first-order chi connectivity index (χ1) is 13.2. The number of halogens is 3. The molecule has 0 saturated carbocycles. The first-order valence-corrected chi connectivity index (χ1v) is 10.2. The predicted molar refractivity (Wildman–Crippen MR) is 98.5 cm³/mol. The number of methoxy groups -OCH3 is 1. The molecule has 9 heteroatoms. The van der Waals surface area contributed by atoms with Crippen LogP contribution in [0, 0.1) is 0 Å². The molecular weight excluding hydrogens is 393 g/mol. The zero-order valence-corrected chi connectivity index (χ0v) is 16.1. The molecule has 0 aliphatic carbocycles. The number of rotatable bonds is 5. The minimum Gasteiger partial charge on any atom is -0.497 e. The van der Waals surface area contributed by atoms with Crippen LogP contribution in [-0.4, -0.2) is 50.9 Å². The smallest absolute Gasteiger partial charge is 0.416 e. The van der Waals surface area contributed by atoms with Crippen LogP contribution >= 0.6 is 0 Å². The summed E-state index contributed by atoms with van der Waals surface area (Å²) in [6.45, 7) is 2.16. The quantitative estimate of drug-likeness (QED) is 0.754. The van der Waals surface area contributed by atoms with Crippen LogP contribution in [0.4, 0.5) is 13.2 Å². The van der Waals surface area contributed by atoms with Gasteiger partial charge >= 0.3 is 6.18 Å². The van der Waals surface area contributed by atoms with E-state index in [4.69, 9.17) is 4.74 Å². The second-order valence-corrected chi connectivity index (χ2v) is 8.49. The fraction of sp³-hybridized carbons (Fsp3) is 0.368. The predicted octanol–water partition coefficient (Wildman–Crippen LogP) is 3.22. The molecule has 2 aromatic carbocycles. The van der Waals surface area contributed by atoms with Gasteiger partial charge in [0.15, 0.2) is 0 Å². The normalized spacial score (nSPS) is 16.9. The number of benzene rings is 2. The van der Waals surface area contributed by atoms with Gasteiger partial charge in [-0.25, -0.2) is 8.42 Å². The van der Waals surface area contributed by atoms with Crippen LogP contribution in [0.3, 0.4) is 0 Å². The Balaban J connectivity index is 1.59. The van der Waals surface area contributed by atoms with E-state index in [1.54, 1.807) is 12.1 Å². The molecule has 0 amide bonds. The number of ether oxygens (including phenoxy) is 1. The molecular formula is C19H21F3N2O3S. The minimum absolute atomic E-state index is 0.212. The molecule has 0 aromatic heterocycles. The molecule has 5 nitrogen and oxygen atoms in total. The molecule has 1 saturated heterocycles. The molecule has 28 heavy (non-hydrogen) atoms. The first kappa shape index (κ1) is 20.6. The molecule has 1 fully saturated rings. The van der Waals surface area contributed by atoms with Crippen molar-refractivity contribution in [3.8, 4) is 5.75 Å². The Morgan fingerprint density at radius 2 is 1.50 bits per heavy atom. The Bertz CT molecular complexity index is 890. The van der Waals surface area contributed by atoms with Crippen LogP contribution in [0.25, 0.3) is 0 Å². The maximum absolute atomic E-state index is 12.7. The topological polar surface area (TPSA) is 49.9 Å². The van der Waals surface area contributed by atoms with Gasteiger partial charge in [-0.1, -0.05) is 12.1 Å². The lowest BCUT2D eigenvalue weighted by atomic mass is 10.1. The fourth-order valence-electron chi connectivity index (χ4n) is 3.08. The molecule has 0 radical (unpaired) electrons. The Morgan fingerprint density at radius 3 is 2.00 bits per heavy atom. The van der Waals surface area contributed by atoms with Crippen LogP contribution in [-0.2, 0) is 22.7 Å². The number of alkyl halides is 3. The molecule has 3 rings (SSSR count). The Morgan fingerprint density at radius 1 is 0.929 bits per heavy atom. The standard InChI is InChI=1S/C19H21F3N2O3S/c1-27-17-6-8-18(9-7-17)28(25,26)24-12-10-23(11-13-24)14-15-2-4-16(5-3-15)19(20,21)22/h2-9H,10-14H2,1H3. The lowest BCUT2D eigenvalue weighted by Gasteiger charge is -2.34. The van der Waals surface area contributed by atoms with Crippen LogP contribution in [0.15, 0.2) is 53.4 Å². The lowest BCUT2D eigenvalue weighted by molar-refractivity contribution is -0.137. The third kappa shape index (κ3) is 4.65. The lowest BCUT2D eigenvalue weighted by Crippen LogP contribution is -2.48. The van der Waals surface area contributed by atoms with Gasteiger partial charge in [0.05, 0.1) is 17.6 Å². The van der Waals surface area contributed by atoms with E-state index in [2.05, 4.69) is 0 Å². The number of nitrogens with zero attached hydrogens (tertiary/aromatic N) is 2. The summed E-state index contributed by atoms with van der Waals surface area (Å²) in [5.74, 6) is 0.584. The van der Waals surface area contributed by atoms with Crippen molar-refractivity contribution in [1.29, 1.82) is 0 Å². The second-order valence-electron chi connectivity index (χ2n) is 6.55. The van der Waals surface area contributed by atoms with Crippen molar-refractivity contribution >= 4 is 10.0 Å². The van der Waals surface area contributed by atoms with E-state index in [1.165, 1.54) is 35.7 Å². The molecule has 2 aromatic rings. The van der Waals surface area contributed by atoms with Crippen molar-refractivity contribution in [3.63, 3.8) is 0 Å². The van der Waals surface area contributed by atoms with Crippen LogP contribution < -0.4 is 4.74 Å². The van der Waals surface area contributed by atoms with Crippen molar-refractivity contribution in [2.24, 2.45) is 0 Å². The highest BCUT2D eigenvalue weighted by atomic mass is 32.2. The fourth-order valence-corrected chi connectivity index (χ4v) is 4.50. The van der Waals surface area contributed by atoms with Gasteiger partial charge < -0.3 is 4.74 Å². The molecule has 0 bridgehead atoms. The van der Waals surface area contributed by atoms with Crippen LogP contribution in [0.2, 0.25) is 0 Å². The van der Waals surface area contributed by atoms with Crippen molar-refractivity contribution < 1.29 is 26.3 Å². The summed E-state index contributed by atoms with van der Waals surface area (Å²) in [6.07, 6.45) is -4.35. The number of hydrogen-bond acceptors (Lipinski definition) is 4. The van der Waals surface area contributed by atoms with Gasteiger partial charge in [-0.15, -0.1) is 0 Å². The van der Waals surface area contributed by atoms with E-state index in [0.717, 1.165) is 17.7 Å². The van der Waals surface area contributed by atoms with Gasteiger partial charge in [-0.3, -0.25) is 4.90 Å². The molecule has 1 heterocycles. The van der Waals surface area contributed by atoms with Gasteiger partial charge in [0.25, 0.3) is 0 Å². The third-order valence-corrected chi connectivity index (χ3v) is 6.63. The number of piperazine rings is 1. The highest BCUT2D eigenvalue weighted by molar-refractivity contribution is 7.89. The van der Waals surface area contributed by atoms with Crippen molar-refractivity contribution in [2.75, 3.05) is 33.3 Å². The highest BCUT2D eigenvalue weighted by Gasteiger charge is 2.31. The number of hydrogen-bond donors (Lipinski definition) is 0. The zero-order valence-electron chi connectivity index (χ0n) is 15.3. The maximum atomic E-state index is 12.7. The van der Waals surface area contributed by atoms with E-state index in [-0.39, 0.29) is 4.90 Å². The van der Waals surface area contributed by atoms with E-state index >= 15 is 0 Å². The summed E-state index contributed by atoms with van der Waals surface area (Å²) >= 11 is 0. The maximum Gasteiger partial charge on any atom is 0.416 e. The van der Waals surface area contributed by atoms with E-state index in [0.29, 0.717) is 38.5 Å². The summed E-state index contributed by atoms with van der Waals surface area (Å²) in [5.41, 5.74) is 0.0890. The van der Waals surface area contributed by atoms with E-state index in [1.807, 2.05) is 4.90 Å². The summed E-state index contributed by atoms with van der Waals surface area (Å²) < 4.78 is 69.9. The van der Waals surface area contributed by atoms with Crippen molar-refractivity contribution in [1.82, 2.24) is 9.21 Å².